The quantitative estimate of drug-likeness (QED) is 0.796. The van der Waals surface area contributed by atoms with Gasteiger partial charge in [0, 0.05) is 32.6 Å². The molecule has 1 amide bonds. The summed E-state index contributed by atoms with van der Waals surface area (Å²) >= 11 is 0. The van der Waals surface area contributed by atoms with Crippen LogP contribution in [0.5, 0.6) is 0 Å². The monoisotopic (exact) mass is 277 g/mol. The highest BCUT2D eigenvalue weighted by atomic mass is 16.5. The first kappa shape index (κ1) is 15.0. The summed E-state index contributed by atoms with van der Waals surface area (Å²) in [6, 6.07) is 10.5. The average molecular weight is 277 g/mol. The molecule has 20 heavy (non-hydrogen) atoms. The number of hydrogen-bond acceptors (Lipinski definition) is 4. The molecule has 5 nitrogen and oxygen atoms in total. The zero-order valence-electron chi connectivity index (χ0n) is 11.8. The Balaban J connectivity index is 2.02. The van der Waals surface area contributed by atoms with Crippen LogP contribution in [-0.4, -0.2) is 50.2 Å². The van der Waals surface area contributed by atoms with Gasteiger partial charge in [-0.15, -0.1) is 0 Å². The Labute approximate surface area is 120 Å². The van der Waals surface area contributed by atoms with Crippen LogP contribution in [0.3, 0.4) is 0 Å². The Morgan fingerprint density at radius 3 is 2.65 bits per heavy atom. The molecule has 110 valence electrons. The minimum Gasteiger partial charge on any atom is -0.379 e. The van der Waals surface area contributed by atoms with Crippen molar-refractivity contribution in [3.05, 3.63) is 35.9 Å². The number of ether oxygens (including phenoxy) is 1. The SMILES string of the molecule is NCCC(=O)NCC(c1ccccc1)N1CCOCC1. The van der Waals surface area contributed by atoms with E-state index in [1.807, 2.05) is 18.2 Å². The summed E-state index contributed by atoms with van der Waals surface area (Å²) in [5.41, 5.74) is 6.63. The van der Waals surface area contributed by atoms with Gasteiger partial charge in [0.05, 0.1) is 19.3 Å². The Morgan fingerprint density at radius 2 is 2.00 bits per heavy atom. The molecule has 1 aliphatic rings. The Kier molecular flexibility index (Phi) is 5.98. The minimum absolute atomic E-state index is 0.0155. The first-order valence-electron chi connectivity index (χ1n) is 7.15. The van der Waals surface area contributed by atoms with Gasteiger partial charge in [0.25, 0.3) is 0 Å². The summed E-state index contributed by atoms with van der Waals surface area (Å²) in [4.78, 5) is 14.0. The Bertz CT molecular complexity index is 405. The third-order valence-electron chi connectivity index (χ3n) is 3.53. The van der Waals surface area contributed by atoms with E-state index in [0.29, 0.717) is 19.5 Å². The molecular weight excluding hydrogens is 254 g/mol. The molecule has 1 unspecified atom stereocenters. The van der Waals surface area contributed by atoms with Gasteiger partial charge < -0.3 is 15.8 Å². The highest BCUT2D eigenvalue weighted by Crippen LogP contribution is 2.20. The second kappa shape index (κ2) is 7.99. The normalized spacial score (nSPS) is 17.6. The molecule has 1 saturated heterocycles. The van der Waals surface area contributed by atoms with Gasteiger partial charge in [-0.25, -0.2) is 0 Å². The van der Waals surface area contributed by atoms with E-state index in [4.69, 9.17) is 10.5 Å². The van der Waals surface area contributed by atoms with Crippen molar-refractivity contribution < 1.29 is 9.53 Å². The van der Waals surface area contributed by atoms with Crippen LogP contribution in [0.4, 0.5) is 0 Å². The van der Waals surface area contributed by atoms with E-state index in [1.54, 1.807) is 0 Å². The highest BCUT2D eigenvalue weighted by molar-refractivity contribution is 5.76. The number of hydrogen-bond donors (Lipinski definition) is 2. The molecule has 1 atom stereocenters. The maximum atomic E-state index is 11.6. The number of rotatable bonds is 6. The van der Waals surface area contributed by atoms with E-state index in [-0.39, 0.29) is 11.9 Å². The lowest BCUT2D eigenvalue weighted by atomic mass is 10.0. The number of carbonyl (C=O) groups excluding carboxylic acids is 1. The number of nitrogens with zero attached hydrogens (tertiary/aromatic N) is 1. The first-order chi connectivity index (χ1) is 9.81. The third kappa shape index (κ3) is 4.30. The maximum absolute atomic E-state index is 11.6. The van der Waals surface area contributed by atoms with Gasteiger partial charge in [-0.2, -0.15) is 0 Å². The summed E-state index contributed by atoms with van der Waals surface area (Å²) in [7, 11) is 0. The molecule has 1 fully saturated rings. The fourth-order valence-corrected chi connectivity index (χ4v) is 2.45. The fourth-order valence-electron chi connectivity index (χ4n) is 2.45. The molecule has 0 aliphatic carbocycles. The van der Waals surface area contributed by atoms with E-state index in [2.05, 4.69) is 22.3 Å². The van der Waals surface area contributed by atoms with Crippen molar-refractivity contribution >= 4 is 5.91 Å². The van der Waals surface area contributed by atoms with Gasteiger partial charge >= 0.3 is 0 Å². The number of amides is 1. The molecule has 0 radical (unpaired) electrons. The Hall–Kier alpha value is -1.43. The summed E-state index contributed by atoms with van der Waals surface area (Å²) in [5, 5.41) is 2.98. The van der Waals surface area contributed by atoms with E-state index < -0.39 is 0 Å². The zero-order chi connectivity index (χ0) is 14.2. The molecule has 2 rings (SSSR count). The van der Waals surface area contributed by atoms with Gasteiger partial charge in [-0.1, -0.05) is 30.3 Å². The van der Waals surface area contributed by atoms with Gasteiger partial charge in [-0.05, 0) is 5.56 Å². The summed E-state index contributed by atoms with van der Waals surface area (Å²) in [5.74, 6) is 0.0155. The van der Waals surface area contributed by atoms with Crippen molar-refractivity contribution in [3.8, 4) is 0 Å². The molecule has 3 N–H and O–H groups in total. The van der Waals surface area contributed by atoms with Gasteiger partial charge in [0.1, 0.15) is 0 Å². The highest BCUT2D eigenvalue weighted by Gasteiger charge is 2.22. The summed E-state index contributed by atoms with van der Waals surface area (Å²) in [6.45, 7) is 4.29. The van der Waals surface area contributed by atoms with Gasteiger partial charge in [-0.3, -0.25) is 9.69 Å². The largest absolute Gasteiger partial charge is 0.379 e. The van der Waals surface area contributed by atoms with Crippen molar-refractivity contribution in [1.82, 2.24) is 10.2 Å². The predicted molar refractivity (Wildman–Crippen MR) is 78.3 cm³/mol. The van der Waals surface area contributed by atoms with E-state index in [9.17, 15) is 4.79 Å². The first-order valence-corrected chi connectivity index (χ1v) is 7.15. The van der Waals surface area contributed by atoms with Gasteiger partial charge in [0.2, 0.25) is 5.91 Å². The lowest BCUT2D eigenvalue weighted by Gasteiger charge is -2.35. The van der Waals surface area contributed by atoms with Gasteiger partial charge in [0.15, 0.2) is 0 Å². The van der Waals surface area contributed by atoms with Crippen molar-refractivity contribution in [2.24, 2.45) is 5.73 Å². The summed E-state index contributed by atoms with van der Waals surface area (Å²) < 4.78 is 5.40. The second-order valence-corrected chi connectivity index (χ2v) is 4.92. The van der Waals surface area contributed by atoms with Crippen molar-refractivity contribution in [2.45, 2.75) is 12.5 Å². The minimum atomic E-state index is 0.0155. The molecule has 1 heterocycles. The third-order valence-corrected chi connectivity index (χ3v) is 3.53. The molecule has 1 aromatic carbocycles. The number of carbonyl (C=O) groups is 1. The number of nitrogens with two attached hydrogens (primary N) is 1. The van der Waals surface area contributed by atoms with Crippen LogP contribution >= 0.6 is 0 Å². The van der Waals surface area contributed by atoms with E-state index >= 15 is 0 Å². The molecule has 0 bridgehead atoms. The van der Waals surface area contributed by atoms with Crippen LogP contribution in [-0.2, 0) is 9.53 Å². The fraction of sp³-hybridized carbons (Fsp3) is 0.533. The second-order valence-electron chi connectivity index (χ2n) is 4.92. The predicted octanol–water partition coefficient (Wildman–Crippen LogP) is 0.525. The topological polar surface area (TPSA) is 67.6 Å². The summed E-state index contributed by atoms with van der Waals surface area (Å²) in [6.07, 6.45) is 0.380. The number of morpholine rings is 1. The van der Waals surface area contributed by atoms with Crippen LogP contribution in [0.1, 0.15) is 18.0 Å². The number of benzene rings is 1. The van der Waals surface area contributed by atoms with Crippen LogP contribution < -0.4 is 11.1 Å². The molecular formula is C15H23N3O2. The standard InChI is InChI=1S/C15H23N3O2/c16-7-6-15(19)17-12-14(13-4-2-1-3-5-13)18-8-10-20-11-9-18/h1-5,14H,6-12,16H2,(H,17,19). The lowest BCUT2D eigenvalue weighted by molar-refractivity contribution is -0.121. The number of nitrogens with one attached hydrogen (secondary N) is 1. The smallest absolute Gasteiger partial charge is 0.221 e. The Morgan fingerprint density at radius 1 is 1.30 bits per heavy atom. The zero-order valence-corrected chi connectivity index (χ0v) is 11.8. The van der Waals surface area contributed by atoms with Crippen molar-refractivity contribution in [1.29, 1.82) is 0 Å². The van der Waals surface area contributed by atoms with Crippen LogP contribution in [0.25, 0.3) is 0 Å². The van der Waals surface area contributed by atoms with Crippen molar-refractivity contribution in [3.63, 3.8) is 0 Å². The molecule has 0 aromatic heterocycles. The molecule has 0 spiro atoms. The molecule has 5 heteroatoms. The molecule has 1 aliphatic heterocycles. The average Bonchev–Trinajstić information content (AvgIpc) is 2.50. The van der Waals surface area contributed by atoms with Crippen LogP contribution in [0.15, 0.2) is 30.3 Å². The van der Waals surface area contributed by atoms with Crippen LogP contribution in [0, 0.1) is 0 Å². The van der Waals surface area contributed by atoms with Crippen molar-refractivity contribution in [2.75, 3.05) is 39.4 Å². The molecule has 0 saturated carbocycles. The molecule has 1 aromatic rings. The lowest BCUT2D eigenvalue weighted by Crippen LogP contribution is -2.44. The maximum Gasteiger partial charge on any atom is 0.221 e. The van der Waals surface area contributed by atoms with E-state index in [1.165, 1.54) is 5.56 Å². The van der Waals surface area contributed by atoms with Crippen LogP contribution in [0.2, 0.25) is 0 Å². The van der Waals surface area contributed by atoms with E-state index in [0.717, 1.165) is 26.3 Å².